The van der Waals surface area contributed by atoms with Crippen LogP contribution in [0.2, 0.25) is 0 Å². The topological polar surface area (TPSA) is 278 Å². The summed E-state index contributed by atoms with van der Waals surface area (Å²) in [4.78, 5) is 35.9. The van der Waals surface area contributed by atoms with E-state index >= 15 is 0 Å². The first kappa shape index (κ1) is 37.8. The summed E-state index contributed by atoms with van der Waals surface area (Å²) < 4.78 is 46.8. The van der Waals surface area contributed by atoms with Crippen molar-refractivity contribution >= 4 is 54.0 Å². The summed E-state index contributed by atoms with van der Waals surface area (Å²) in [5.41, 5.74) is 0. The van der Waals surface area contributed by atoms with Gasteiger partial charge in [-0.15, -0.1) is 0 Å². The summed E-state index contributed by atoms with van der Waals surface area (Å²) in [6.45, 7) is 0. The molecule has 0 atom stereocenters. The monoisotopic (exact) mass is 422 g/mol. The summed E-state index contributed by atoms with van der Waals surface area (Å²) >= 11 is 0. The zero-order valence-corrected chi connectivity index (χ0v) is 17.4. The molecule has 0 aliphatic heterocycles. The normalized spacial score (nSPS) is 6.00. The van der Waals surface area contributed by atoms with Crippen molar-refractivity contribution in [3.8, 4) is 0 Å². The van der Waals surface area contributed by atoms with Gasteiger partial charge in [0.2, 0.25) is 0 Å². The summed E-state index contributed by atoms with van der Waals surface area (Å²) in [5, 5.41) is 28.3. The van der Waals surface area contributed by atoms with E-state index in [0.29, 0.717) is 0 Å². The van der Waals surface area contributed by atoms with Crippen LogP contribution in [0.3, 0.4) is 0 Å². The first-order valence-corrected chi connectivity index (χ1v) is 8.08. The third-order valence-corrected chi connectivity index (χ3v) is 0.894. The van der Waals surface area contributed by atoms with Crippen LogP contribution in [-0.4, -0.2) is 75.1 Å². The average molecular weight is 422 g/mol. The van der Waals surface area contributed by atoms with E-state index in [1.54, 1.807) is 0 Å². The molecule has 16 nitrogen and oxygen atoms in total. The number of hydrogen-bond acceptors (Lipinski definition) is 16. The molecule has 22 heteroatoms. The van der Waals surface area contributed by atoms with Crippen molar-refractivity contribution in [2.75, 3.05) is 0 Å². The van der Waals surface area contributed by atoms with Gasteiger partial charge in [0.25, 0.3) is 0 Å². The SMILES string of the molecule is O=[Si]([O-])OO.O=[Si]([O-])OO.O=[Si]([O-])OO.O=[Si]([O-])OO.[Al+3].[Na+]. The van der Waals surface area contributed by atoms with Crippen LogP contribution < -0.4 is 48.7 Å². The Bertz CT molecular complexity index is 223. The fourth-order valence-electron chi connectivity index (χ4n) is 0. The Morgan fingerprint density at radius 3 is 0.591 bits per heavy atom. The van der Waals surface area contributed by atoms with Crippen molar-refractivity contribution in [2.24, 2.45) is 0 Å². The van der Waals surface area contributed by atoms with Gasteiger partial charge in [-0.05, 0) is 0 Å². The molecule has 22 heavy (non-hydrogen) atoms. The van der Waals surface area contributed by atoms with Gasteiger partial charge in [-0.3, -0.25) is 21.0 Å². The summed E-state index contributed by atoms with van der Waals surface area (Å²) in [7, 11) is -13.3. The van der Waals surface area contributed by atoms with E-state index in [1.807, 2.05) is 0 Å². The van der Waals surface area contributed by atoms with Gasteiger partial charge in [-0.2, -0.15) is 0 Å². The van der Waals surface area contributed by atoms with E-state index in [2.05, 4.69) is 18.3 Å². The Morgan fingerprint density at radius 2 is 0.591 bits per heavy atom. The molecule has 0 aliphatic rings. The zero-order chi connectivity index (χ0) is 17.1. The Kier molecular flexibility index (Phi) is 56.2. The minimum atomic E-state index is -3.32. The molecule has 0 aromatic rings. The molecule has 0 radical (unpaired) electrons. The predicted octanol–water partition coefficient (Wildman–Crippen LogP) is -10.4. The fraction of sp³-hybridized carbons (Fsp3) is 0. The fourth-order valence-corrected chi connectivity index (χ4v) is 0. The molecular formula is H4AlNaO16Si4. The molecule has 0 saturated carbocycles. The van der Waals surface area contributed by atoms with E-state index < -0.39 is 36.7 Å². The van der Waals surface area contributed by atoms with E-state index in [1.165, 1.54) is 0 Å². The molecule has 0 spiro atoms. The van der Waals surface area contributed by atoms with Crippen LogP contribution in [0.15, 0.2) is 0 Å². The molecule has 0 amide bonds. The maximum Gasteiger partial charge on any atom is 3.00 e. The molecule has 0 bridgehead atoms. The van der Waals surface area contributed by atoms with Crippen LogP contribution in [0.5, 0.6) is 0 Å². The quantitative estimate of drug-likeness (QED) is 0.186. The van der Waals surface area contributed by atoms with E-state index in [-0.39, 0.29) is 46.9 Å². The Hall–Kier alpha value is -0.160. The van der Waals surface area contributed by atoms with Gasteiger partial charge in [0, 0.05) is 0 Å². The smallest absolute Gasteiger partial charge is 0.478 e. The molecule has 0 aromatic heterocycles. The Labute approximate surface area is 159 Å². The third kappa shape index (κ3) is 115. The minimum absolute atomic E-state index is 0. The molecule has 4 N–H and O–H groups in total. The molecular weight excluding hydrogens is 418 g/mol. The van der Waals surface area contributed by atoms with Gasteiger partial charge in [0.15, 0.2) is 0 Å². The second-order valence-electron chi connectivity index (χ2n) is 1.37. The van der Waals surface area contributed by atoms with Crippen molar-refractivity contribution in [1.82, 2.24) is 0 Å². The van der Waals surface area contributed by atoms with E-state index in [4.69, 9.17) is 58.1 Å². The first-order valence-electron chi connectivity index (χ1n) is 3.18. The van der Waals surface area contributed by atoms with Crippen molar-refractivity contribution < 1.29 is 106 Å². The standard InChI is InChI=1S/Al.Na.4HO4Si/c;;4*1-4-5(2)3/h;;4*1H/q+3;+1;4*-1. The molecule has 0 rings (SSSR count). The third-order valence-electron chi connectivity index (χ3n) is 0.298. The van der Waals surface area contributed by atoms with Gasteiger partial charge in [-0.25, -0.2) is 0 Å². The van der Waals surface area contributed by atoms with Crippen LogP contribution in [0.4, 0.5) is 0 Å². The van der Waals surface area contributed by atoms with Gasteiger partial charge < -0.3 is 55.3 Å². The van der Waals surface area contributed by atoms with E-state index in [9.17, 15) is 0 Å². The van der Waals surface area contributed by atoms with E-state index in [0.717, 1.165) is 0 Å². The second-order valence-corrected chi connectivity index (χ2v) is 4.10. The van der Waals surface area contributed by atoms with Crippen LogP contribution in [0, 0.1) is 0 Å². The molecule has 0 heterocycles. The van der Waals surface area contributed by atoms with Crippen molar-refractivity contribution in [3.63, 3.8) is 0 Å². The predicted molar refractivity (Wildman–Crippen MR) is 46.4 cm³/mol. The second kappa shape index (κ2) is 32.7. The summed E-state index contributed by atoms with van der Waals surface area (Å²) in [5.74, 6) is 0. The summed E-state index contributed by atoms with van der Waals surface area (Å²) in [6, 6.07) is 0. The van der Waals surface area contributed by atoms with Gasteiger partial charge in [0.1, 0.15) is 0 Å². The Balaban J connectivity index is -0.0000000376. The largest absolute Gasteiger partial charge is 3.00 e. The maximum absolute atomic E-state index is 8.97. The number of hydrogen-bond donors (Lipinski definition) is 4. The first-order chi connectivity index (χ1) is 9.08. The molecule has 0 unspecified atom stereocenters. The number of rotatable bonds is 4. The molecule has 120 valence electrons. The minimum Gasteiger partial charge on any atom is -0.478 e. The molecule has 0 fully saturated rings. The molecule has 0 aromatic carbocycles. The van der Waals surface area contributed by atoms with Crippen LogP contribution >= 0.6 is 0 Å². The maximum atomic E-state index is 8.97. The van der Waals surface area contributed by atoms with Gasteiger partial charge in [-0.1, -0.05) is 0 Å². The zero-order valence-electron chi connectivity index (χ0n) is 10.3. The van der Waals surface area contributed by atoms with Crippen molar-refractivity contribution in [3.05, 3.63) is 0 Å². The van der Waals surface area contributed by atoms with Crippen molar-refractivity contribution in [2.45, 2.75) is 0 Å². The Morgan fingerprint density at radius 1 is 0.545 bits per heavy atom. The molecule has 0 aliphatic carbocycles. The average Bonchev–Trinajstić information content (AvgIpc) is 2.40. The van der Waals surface area contributed by atoms with Gasteiger partial charge in [0.05, 0.1) is 0 Å². The molecule has 0 saturated heterocycles. The van der Waals surface area contributed by atoms with Crippen LogP contribution in [-0.2, 0) is 36.2 Å². The van der Waals surface area contributed by atoms with Crippen LogP contribution in [0.25, 0.3) is 0 Å². The van der Waals surface area contributed by atoms with Crippen LogP contribution in [0.1, 0.15) is 0 Å². The van der Waals surface area contributed by atoms with Crippen molar-refractivity contribution in [1.29, 1.82) is 0 Å². The van der Waals surface area contributed by atoms with Gasteiger partial charge >= 0.3 is 83.6 Å². The summed E-state index contributed by atoms with van der Waals surface area (Å²) in [6.07, 6.45) is 0.